The fourth-order valence-electron chi connectivity index (χ4n) is 3.48. The molecule has 0 bridgehead atoms. The van der Waals surface area contributed by atoms with E-state index in [0.29, 0.717) is 17.7 Å². The fraction of sp³-hybridized carbons (Fsp3) is 1.00. The molecule has 0 radical (unpaired) electrons. The van der Waals surface area contributed by atoms with Crippen LogP contribution in [0.4, 0.5) is 0 Å². The Hall–Kier alpha value is -0.120. The average Bonchev–Trinajstić information content (AvgIpc) is 2.93. The third-order valence-electron chi connectivity index (χ3n) is 5.38. The van der Waals surface area contributed by atoms with Gasteiger partial charge in [0, 0.05) is 31.3 Å². The molecule has 20 heavy (non-hydrogen) atoms. The molecule has 2 aliphatic heterocycles. The van der Waals surface area contributed by atoms with E-state index in [1.165, 1.54) is 45.2 Å². The topological polar surface area (TPSA) is 24.5 Å². The van der Waals surface area contributed by atoms with Gasteiger partial charge in [0.15, 0.2) is 0 Å². The molecule has 2 heterocycles. The predicted molar refractivity (Wildman–Crippen MR) is 85.1 cm³/mol. The molecule has 3 nitrogen and oxygen atoms in total. The lowest BCUT2D eigenvalue weighted by atomic mass is 9.90. The third-order valence-corrected chi connectivity index (χ3v) is 5.38. The van der Waals surface area contributed by atoms with Crippen molar-refractivity contribution in [3.05, 3.63) is 0 Å². The number of nitrogens with zero attached hydrogens (tertiary/aromatic N) is 1. The van der Waals surface area contributed by atoms with E-state index in [1.54, 1.807) is 0 Å². The zero-order chi connectivity index (χ0) is 14.6. The smallest absolute Gasteiger partial charge is 0.0576 e. The van der Waals surface area contributed by atoms with Crippen molar-refractivity contribution in [2.45, 2.75) is 77.5 Å². The SMILES string of the molecule is CCC(C)C1CN(CCCC2CCCO2)C(C)(C)CN1. The van der Waals surface area contributed by atoms with E-state index in [-0.39, 0.29) is 0 Å². The minimum Gasteiger partial charge on any atom is -0.378 e. The van der Waals surface area contributed by atoms with E-state index >= 15 is 0 Å². The van der Waals surface area contributed by atoms with Crippen LogP contribution in [0.3, 0.4) is 0 Å². The summed E-state index contributed by atoms with van der Waals surface area (Å²) < 4.78 is 5.74. The first kappa shape index (κ1) is 16.3. The summed E-state index contributed by atoms with van der Waals surface area (Å²) in [6, 6.07) is 0.663. The summed E-state index contributed by atoms with van der Waals surface area (Å²) in [6.07, 6.45) is 6.88. The van der Waals surface area contributed by atoms with Gasteiger partial charge in [-0.05, 0) is 52.0 Å². The molecular weight excluding hydrogens is 248 g/mol. The van der Waals surface area contributed by atoms with E-state index in [9.17, 15) is 0 Å². The Morgan fingerprint density at radius 1 is 1.40 bits per heavy atom. The molecule has 0 aromatic heterocycles. The van der Waals surface area contributed by atoms with Gasteiger partial charge in [0.1, 0.15) is 0 Å². The Balaban J connectivity index is 1.79. The Kier molecular flexibility index (Phi) is 5.88. The molecule has 0 aliphatic carbocycles. The molecule has 1 N–H and O–H groups in total. The minimum absolute atomic E-state index is 0.292. The van der Waals surface area contributed by atoms with Crippen molar-refractivity contribution >= 4 is 0 Å². The van der Waals surface area contributed by atoms with Crippen LogP contribution in [-0.4, -0.2) is 48.8 Å². The van der Waals surface area contributed by atoms with Crippen molar-refractivity contribution < 1.29 is 4.74 Å². The first-order valence-electron chi connectivity index (χ1n) is 8.63. The van der Waals surface area contributed by atoms with Crippen LogP contribution in [0.2, 0.25) is 0 Å². The Morgan fingerprint density at radius 3 is 2.85 bits per heavy atom. The van der Waals surface area contributed by atoms with Crippen LogP contribution in [0.5, 0.6) is 0 Å². The van der Waals surface area contributed by atoms with Gasteiger partial charge >= 0.3 is 0 Å². The van der Waals surface area contributed by atoms with E-state index in [0.717, 1.165) is 19.1 Å². The lowest BCUT2D eigenvalue weighted by molar-refractivity contribution is 0.0432. The van der Waals surface area contributed by atoms with Gasteiger partial charge in [-0.15, -0.1) is 0 Å². The summed E-state index contributed by atoms with van der Waals surface area (Å²) in [5.41, 5.74) is 0.292. The summed E-state index contributed by atoms with van der Waals surface area (Å²) in [7, 11) is 0. The van der Waals surface area contributed by atoms with Crippen LogP contribution in [0.15, 0.2) is 0 Å². The number of hydrogen-bond acceptors (Lipinski definition) is 3. The van der Waals surface area contributed by atoms with Crippen molar-refractivity contribution in [1.82, 2.24) is 10.2 Å². The van der Waals surface area contributed by atoms with Crippen LogP contribution in [-0.2, 0) is 4.74 Å². The van der Waals surface area contributed by atoms with Crippen molar-refractivity contribution in [2.24, 2.45) is 5.92 Å². The third kappa shape index (κ3) is 4.19. The van der Waals surface area contributed by atoms with Crippen molar-refractivity contribution in [3.8, 4) is 0 Å². The van der Waals surface area contributed by atoms with Crippen molar-refractivity contribution in [2.75, 3.05) is 26.2 Å². The molecule has 2 saturated heterocycles. The summed E-state index contributed by atoms with van der Waals surface area (Å²) in [6.45, 7) is 13.9. The molecule has 2 rings (SSSR count). The van der Waals surface area contributed by atoms with Gasteiger partial charge in [0.25, 0.3) is 0 Å². The van der Waals surface area contributed by atoms with Gasteiger partial charge < -0.3 is 10.1 Å². The summed E-state index contributed by atoms with van der Waals surface area (Å²) >= 11 is 0. The standard InChI is InChI=1S/C17H34N2O/c1-5-14(2)16-12-19(17(3,4)13-18-16)10-6-8-15-9-7-11-20-15/h14-16,18H,5-13H2,1-4H3. The highest BCUT2D eigenvalue weighted by atomic mass is 16.5. The Morgan fingerprint density at radius 2 is 2.20 bits per heavy atom. The van der Waals surface area contributed by atoms with Crippen LogP contribution >= 0.6 is 0 Å². The Bertz CT molecular complexity index is 287. The highest BCUT2D eigenvalue weighted by Gasteiger charge is 2.35. The maximum atomic E-state index is 5.74. The molecule has 0 aromatic carbocycles. The number of nitrogens with one attached hydrogen (secondary N) is 1. The van der Waals surface area contributed by atoms with Gasteiger partial charge in [0.2, 0.25) is 0 Å². The van der Waals surface area contributed by atoms with E-state index in [2.05, 4.69) is 37.9 Å². The highest BCUT2D eigenvalue weighted by Crippen LogP contribution is 2.24. The lowest BCUT2D eigenvalue weighted by Gasteiger charge is -2.47. The molecule has 0 spiro atoms. The molecule has 118 valence electrons. The van der Waals surface area contributed by atoms with E-state index in [4.69, 9.17) is 4.74 Å². The molecule has 3 unspecified atom stereocenters. The fourth-order valence-corrected chi connectivity index (χ4v) is 3.48. The largest absolute Gasteiger partial charge is 0.378 e. The van der Waals surface area contributed by atoms with Crippen molar-refractivity contribution in [1.29, 1.82) is 0 Å². The minimum atomic E-state index is 0.292. The first-order valence-corrected chi connectivity index (χ1v) is 8.63. The molecule has 0 amide bonds. The number of hydrogen-bond donors (Lipinski definition) is 1. The average molecular weight is 282 g/mol. The molecule has 2 fully saturated rings. The predicted octanol–water partition coefficient (Wildman–Crippen LogP) is 3.04. The van der Waals surface area contributed by atoms with Crippen LogP contribution in [0.1, 0.15) is 59.8 Å². The molecule has 0 saturated carbocycles. The highest BCUT2D eigenvalue weighted by molar-refractivity contribution is 4.94. The van der Waals surface area contributed by atoms with Gasteiger partial charge in [-0.1, -0.05) is 20.3 Å². The van der Waals surface area contributed by atoms with Gasteiger partial charge in [0.05, 0.1) is 6.10 Å². The lowest BCUT2D eigenvalue weighted by Crippen LogP contribution is -2.63. The monoisotopic (exact) mass is 282 g/mol. The quantitative estimate of drug-likeness (QED) is 0.810. The summed E-state index contributed by atoms with van der Waals surface area (Å²) in [4.78, 5) is 2.70. The van der Waals surface area contributed by atoms with Crippen LogP contribution < -0.4 is 5.32 Å². The van der Waals surface area contributed by atoms with Gasteiger partial charge in [-0.2, -0.15) is 0 Å². The molecule has 3 atom stereocenters. The summed E-state index contributed by atoms with van der Waals surface area (Å²) in [5, 5.41) is 3.76. The number of ether oxygens (including phenoxy) is 1. The van der Waals surface area contributed by atoms with Crippen LogP contribution in [0.25, 0.3) is 0 Å². The van der Waals surface area contributed by atoms with E-state index in [1.807, 2.05) is 0 Å². The maximum absolute atomic E-state index is 5.74. The number of rotatable bonds is 6. The molecule has 2 aliphatic rings. The normalized spacial score (nSPS) is 32.4. The molecular formula is C17H34N2O. The summed E-state index contributed by atoms with van der Waals surface area (Å²) in [5.74, 6) is 0.770. The first-order chi connectivity index (χ1) is 9.53. The maximum Gasteiger partial charge on any atom is 0.0576 e. The zero-order valence-corrected chi connectivity index (χ0v) is 14.0. The number of piperazine rings is 1. The second kappa shape index (κ2) is 7.24. The van der Waals surface area contributed by atoms with Gasteiger partial charge in [-0.3, -0.25) is 4.90 Å². The van der Waals surface area contributed by atoms with E-state index < -0.39 is 0 Å². The second-order valence-electron chi connectivity index (χ2n) is 7.41. The zero-order valence-electron chi connectivity index (χ0n) is 14.0. The van der Waals surface area contributed by atoms with Gasteiger partial charge in [-0.25, -0.2) is 0 Å². The van der Waals surface area contributed by atoms with Crippen molar-refractivity contribution in [3.63, 3.8) is 0 Å². The molecule has 3 heteroatoms. The van der Waals surface area contributed by atoms with Crippen LogP contribution in [0, 0.1) is 5.92 Å². The Labute approximate surface area is 125 Å². The second-order valence-corrected chi connectivity index (χ2v) is 7.41. The molecule has 0 aromatic rings.